The summed E-state index contributed by atoms with van der Waals surface area (Å²) in [5.41, 5.74) is 0.892. The van der Waals surface area contributed by atoms with Crippen molar-refractivity contribution in [1.82, 2.24) is 9.80 Å². The highest BCUT2D eigenvalue weighted by Crippen LogP contribution is 2.42. The number of ether oxygens (including phenoxy) is 4. The minimum atomic E-state index is -0.827. The first-order valence-corrected chi connectivity index (χ1v) is 11.9. The molecule has 2 aliphatic rings. The summed E-state index contributed by atoms with van der Waals surface area (Å²) < 4.78 is 21.4. The standard InChI is InChI=1S/C26H29ClN2O7/c1-33-19-6-5-17(14-18(19)27)24(30)22-23(16-4-7-20(34-2)21(15-16)35-3)29(26(32)25(22)31)9-8-28-10-12-36-13-11-28/h4-7,14-15,23,30H,8-13H2,1-3H3/t23-/m0/s1. The fourth-order valence-corrected chi connectivity index (χ4v) is 4.78. The van der Waals surface area contributed by atoms with Gasteiger partial charge in [0.1, 0.15) is 11.5 Å². The number of benzene rings is 2. The van der Waals surface area contributed by atoms with Gasteiger partial charge in [0.25, 0.3) is 11.7 Å². The quantitative estimate of drug-likeness (QED) is 0.325. The first-order valence-electron chi connectivity index (χ1n) is 11.5. The van der Waals surface area contributed by atoms with Crippen LogP contribution in [-0.4, -0.2) is 87.3 Å². The van der Waals surface area contributed by atoms with E-state index in [1.807, 2.05) is 0 Å². The van der Waals surface area contributed by atoms with Crippen molar-refractivity contribution in [1.29, 1.82) is 0 Å². The van der Waals surface area contributed by atoms with Crippen LogP contribution in [0.15, 0.2) is 42.0 Å². The van der Waals surface area contributed by atoms with Crippen molar-refractivity contribution in [3.05, 3.63) is 58.1 Å². The van der Waals surface area contributed by atoms with Crippen molar-refractivity contribution < 1.29 is 33.6 Å². The fraction of sp³-hybridized carbons (Fsp3) is 0.385. The Hall–Kier alpha value is -3.27. The Labute approximate surface area is 214 Å². The second-order valence-electron chi connectivity index (χ2n) is 8.41. The first kappa shape index (κ1) is 25.8. The number of morpholine rings is 1. The van der Waals surface area contributed by atoms with Crippen LogP contribution in [-0.2, 0) is 14.3 Å². The van der Waals surface area contributed by atoms with E-state index in [4.69, 9.17) is 30.5 Å². The Bertz CT molecular complexity index is 1180. The minimum Gasteiger partial charge on any atom is -0.507 e. The van der Waals surface area contributed by atoms with Crippen LogP contribution in [0.2, 0.25) is 5.02 Å². The van der Waals surface area contributed by atoms with Gasteiger partial charge in [-0.25, -0.2) is 0 Å². The molecule has 2 aromatic rings. The summed E-state index contributed by atoms with van der Waals surface area (Å²) in [6, 6.07) is 9.04. The van der Waals surface area contributed by atoms with Crippen LogP contribution in [0, 0.1) is 0 Å². The summed E-state index contributed by atoms with van der Waals surface area (Å²) in [4.78, 5) is 30.2. The Morgan fingerprint density at radius 2 is 1.64 bits per heavy atom. The molecule has 1 N–H and O–H groups in total. The normalized spacial score (nSPS) is 20.0. The molecule has 0 radical (unpaired) electrons. The number of aliphatic hydroxyl groups is 1. The Morgan fingerprint density at radius 1 is 0.972 bits per heavy atom. The first-order chi connectivity index (χ1) is 17.4. The monoisotopic (exact) mass is 516 g/mol. The molecular formula is C26H29ClN2O7. The number of ketones is 1. The highest BCUT2D eigenvalue weighted by atomic mass is 35.5. The van der Waals surface area contributed by atoms with Gasteiger partial charge in [0.15, 0.2) is 11.5 Å². The van der Waals surface area contributed by atoms with E-state index in [9.17, 15) is 14.7 Å². The smallest absolute Gasteiger partial charge is 0.295 e. The molecule has 2 aliphatic heterocycles. The lowest BCUT2D eigenvalue weighted by Gasteiger charge is -2.31. The zero-order valence-corrected chi connectivity index (χ0v) is 21.2. The zero-order chi connectivity index (χ0) is 25.8. The maximum atomic E-state index is 13.3. The lowest BCUT2D eigenvalue weighted by atomic mass is 9.95. The number of aliphatic hydroxyl groups excluding tert-OH is 1. The maximum Gasteiger partial charge on any atom is 0.295 e. The summed E-state index contributed by atoms with van der Waals surface area (Å²) in [6.07, 6.45) is 0. The summed E-state index contributed by atoms with van der Waals surface area (Å²) in [6.45, 7) is 3.59. The lowest BCUT2D eigenvalue weighted by Crippen LogP contribution is -2.42. The summed E-state index contributed by atoms with van der Waals surface area (Å²) in [7, 11) is 4.52. The van der Waals surface area contributed by atoms with Crippen molar-refractivity contribution in [2.75, 3.05) is 60.7 Å². The molecule has 0 bridgehead atoms. The topological polar surface area (TPSA) is 97.8 Å². The average molecular weight is 517 g/mol. The van der Waals surface area contributed by atoms with Gasteiger partial charge in [0.05, 0.1) is 51.2 Å². The molecule has 36 heavy (non-hydrogen) atoms. The molecule has 0 spiro atoms. The van der Waals surface area contributed by atoms with Crippen LogP contribution in [0.1, 0.15) is 17.2 Å². The highest BCUT2D eigenvalue weighted by molar-refractivity contribution is 6.46. The number of hydrogen-bond donors (Lipinski definition) is 1. The van der Waals surface area contributed by atoms with Gasteiger partial charge in [0, 0.05) is 31.7 Å². The second-order valence-corrected chi connectivity index (χ2v) is 8.82. The van der Waals surface area contributed by atoms with Gasteiger partial charge >= 0.3 is 0 Å². The summed E-state index contributed by atoms with van der Waals surface area (Å²) in [5.74, 6) is -0.373. The molecule has 0 unspecified atom stereocenters. The van der Waals surface area contributed by atoms with Crippen LogP contribution >= 0.6 is 11.6 Å². The van der Waals surface area contributed by atoms with E-state index in [0.29, 0.717) is 54.7 Å². The molecule has 1 amide bonds. The Balaban J connectivity index is 1.79. The molecule has 4 rings (SSSR count). The molecule has 0 aliphatic carbocycles. The van der Waals surface area contributed by atoms with Crippen molar-refractivity contribution in [3.63, 3.8) is 0 Å². The number of likely N-dealkylation sites (tertiary alicyclic amines) is 1. The molecular weight excluding hydrogens is 488 g/mol. The van der Waals surface area contributed by atoms with E-state index in [1.54, 1.807) is 30.3 Å². The number of nitrogens with zero attached hydrogens (tertiary/aromatic N) is 2. The molecule has 2 aromatic carbocycles. The van der Waals surface area contributed by atoms with E-state index in [2.05, 4.69) is 4.90 Å². The lowest BCUT2D eigenvalue weighted by molar-refractivity contribution is -0.140. The third kappa shape index (κ3) is 5.00. The molecule has 0 aromatic heterocycles. The van der Waals surface area contributed by atoms with E-state index >= 15 is 0 Å². The molecule has 9 nitrogen and oxygen atoms in total. The number of carbonyl (C=O) groups excluding carboxylic acids is 2. The van der Waals surface area contributed by atoms with Gasteiger partial charge in [-0.05, 0) is 35.9 Å². The average Bonchev–Trinajstić information content (AvgIpc) is 3.16. The van der Waals surface area contributed by atoms with Gasteiger partial charge < -0.3 is 29.0 Å². The van der Waals surface area contributed by atoms with Gasteiger partial charge in [-0.2, -0.15) is 0 Å². The number of Topliss-reactive ketones (excluding diaryl/α,β-unsaturated/α-hetero) is 1. The molecule has 2 fully saturated rings. The third-order valence-electron chi connectivity index (χ3n) is 6.45. The number of rotatable bonds is 8. The SMILES string of the molecule is COc1ccc(C(O)=C2C(=O)C(=O)N(CCN3CCOCC3)[C@H]2c2ccc(OC)c(OC)c2)cc1Cl. The van der Waals surface area contributed by atoms with Crippen molar-refractivity contribution in [3.8, 4) is 17.2 Å². The van der Waals surface area contributed by atoms with E-state index in [-0.39, 0.29) is 16.4 Å². The van der Waals surface area contributed by atoms with Gasteiger partial charge in [0.2, 0.25) is 0 Å². The number of hydrogen-bond acceptors (Lipinski definition) is 8. The van der Waals surface area contributed by atoms with E-state index < -0.39 is 17.7 Å². The largest absolute Gasteiger partial charge is 0.507 e. The van der Waals surface area contributed by atoms with Gasteiger partial charge in [-0.15, -0.1) is 0 Å². The predicted octanol–water partition coefficient (Wildman–Crippen LogP) is 3.12. The van der Waals surface area contributed by atoms with Crippen molar-refractivity contribution in [2.24, 2.45) is 0 Å². The van der Waals surface area contributed by atoms with Crippen LogP contribution in [0.5, 0.6) is 17.2 Å². The molecule has 2 heterocycles. The Kier molecular flexibility index (Phi) is 8.03. The number of methoxy groups -OCH3 is 3. The Morgan fingerprint density at radius 3 is 2.28 bits per heavy atom. The van der Waals surface area contributed by atoms with Crippen molar-refractivity contribution in [2.45, 2.75) is 6.04 Å². The molecule has 1 atom stereocenters. The van der Waals surface area contributed by atoms with Crippen LogP contribution in [0.3, 0.4) is 0 Å². The third-order valence-corrected chi connectivity index (χ3v) is 6.74. The maximum absolute atomic E-state index is 13.3. The summed E-state index contributed by atoms with van der Waals surface area (Å²) in [5, 5.41) is 11.6. The second kappa shape index (κ2) is 11.2. The zero-order valence-electron chi connectivity index (χ0n) is 20.5. The number of halogens is 1. The van der Waals surface area contributed by atoms with E-state index in [1.165, 1.54) is 32.3 Å². The fourth-order valence-electron chi connectivity index (χ4n) is 4.52. The molecule has 0 saturated carbocycles. The van der Waals surface area contributed by atoms with Crippen LogP contribution in [0.25, 0.3) is 5.76 Å². The van der Waals surface area contributed by atoms with Crippen LogP contribution in [0.4, 0.5) is 0 Å². The van der Waals surface area contributed by atoms with Gasteiger partial charge in [-0.3, -0.25) is 14.5 Å². The summed E-state index contributed by atoms with van der Waals surface area (Å²) >= 11 is 6.27. The van der Waals surface area contributed by atoms with Crippen LogP contribution < -0.4 is 14.2 Å². The number of carbonyl (C=O) groups is 2. The highest BCUT2D eigenvalue weighted by Gasteiger charge is 2.46. The predicted molar refractivity (Wildman–Crippen MR) is 134 cm³/mol. The molecule has 2 saturated heterocycles. The van der Waals surface area contributed by atoms with E-state index in [0.717, 1.165) is 13.1 Å². The van der Waals surface area contributed by atoms with Gasteiger partial charge in [-0.1, -0.05) is 17.7 Å². The number of amides is 1. The van der Waals surface area contributed by atoms with Crippen molar-refractivity contribution >= 4 is 29.1 Å². The molecule has 10 heteroatoms. The molecule has 192 valence electrons. The minimum absolute atomic E-state index is 0.0181.